The van der Waals surface area contributed by atoms with Crippen LogP contribution in [-0.2, 0) is 4.79 Å². The highest BCUT2D eigenvalue weighted by Gasteiger charge is 2.62. The van der Waals surface area contributed by atoms with Crippen molar-refractivity contribution in [1.29, 1.82) is 0 Å². The molecule has 0 aliphatic heterocycles. The van der Waals surface area contributed by atoms with Gasteiger partial charge in [0, 0.05) is 10.8 Å². The minimum atomic E-state index is 0.147. The second-order valence-electron chi connectivity index (χ2n) is 10.7. The molecular weight excluding hydrogens is 328 g/mol. The van der Waals surface area contributed by atoms with Gasteiger partial charge in [0.15, 0.2) is 0 Å². The molecule has 3 aliphatic rings. The first kappa shape index (κ1) is 21.4. The van der Waals surface area contributed by atoms with Gasteiger partial charge in [0.1, 0.15) is 5.78 Å². The van der Waals surface area contributed by atoms with Crippen molar-refractivity contribution in [1.82, 2.24) is 0 Å². The third kappa shape index (κ3) is 4.99. The van der Waals surface area contributed by atoms with Gasteiger partial charge in [0.05, 0.1) is 0 Å². The van der Waals surface area contributed by atoms with E-state index in [1.165, 1.54) is 122 Å². The molecule has 0 atom stereocenters. The second-order valence-corrected chi connectivity index (χ2v) is 10.7. The Morgan fingerprint density at radius 3 is 1.41 bits per heavy atom. The smallest absolute Gasteiger partial charge is 0.145 e. The van der Waals surface area contributed by atoms with Gasteiger partial charge in [-0.15, -0.1) is 0 Å². The number of carbonyl (C=O) groups is 1. The summed E-state index contributed by atoms with van der Waals surface area (Å²) < 4.78 is 0. The van der Waals surface area contributed by atoms with Crippen LogP contribution in [-0.4, -0.2) is 5.78 Å². The number of unbranched alkanes of at least 4 members (excludes halogenated alkanes) is 6. The van der Waals surface area contributed by atoms with E-state index < -0.39 is 0 Å². The molecular formula is C26H46O. The number of hydrogen-bond acceptors (Lipinski definition) is 1. The molecule has 3 fully saturated rings. The van der Waals surface area contributed by atoms with Crippen molar-refractivity contribution in [3.8, 4) is 0 Å². The Bertz CT molecular complexity index is 409. The lowest BCUT2D eigenvalue weighted by molar-refractivity contribution is -0.169. The molecule has 2 spiro atoms. The van der Waals surface area contributed by atoms with E-state index in [9.17, 15) is 4.79 Å². The molecule has 3 aliphatic carbocycles. The highest BCUT2D eigenvalue weighted by atomic mass is 16.1. The Labute approximate surface area is 169 Å². The minimum absolute atomic E-state index is 0.147. The second kappa shape index (κ2) is 9.93. The molecule has 0 radical (unpaired) electrons. The van der Waals surface area contributed by atoms with Gasteiger partial charge >= 0.3 is 0 Å². The van der Waals surface area contributed by atoms with Crippen LogP contribution in [0.25, 0.3) is 0 Å². The zero-order chi connectivity index (χ0) is 19.2. The van der Waals surface area contributed by atoms with Crippen molar-refractivity contribution in [3.05, 3.63) is 0 Å². The predicted octanol–water partition coefficient (Wildman–Crippen LogP) is 8.25. The van der Waals surface area contributed by atoms with E-state index in [-0.39, 0.29) is 10.8 Å². The quantitative estimate of drug-likeness (QED) is 0.352. The first-order chi connectivity index (χ1) is 13.1. The van der Waals surface area contributed by atoms with Crippen molar-refractivity contribution in [3.63, 3.8) is 0 Å². The fourth-order valence-corrected chi connectivity index (χ4v) is 6.83. The molecule has 0 bridgehead atoms. The molecule has 1 heteroatoms. The third-order valence-electron chi connectivity index (χ3n) is 8.70. The molecule has 3 saturated carbocycles. The highest BCUT2D eigenvalue weighted by molar-refractivity contribution is 5.96. The van der Waals surface area contributed by atoms with Gasteiger partial charge in [0.25, 0.3) is 0 Å². The van der Waals surface area contributed by atoms with Crippen LogP contribution < -0.4 is 0 Å². The summed E-state index contributed by atoms with van der Waals surface area (Å²) in [6.45, 7) is 4.59. The number of carbonyl (C=O) groups excluding carboxylic acids is 1. The Balaban J connectivity index is 1.37. The fraction of sp³-hybridized carbons (Fsp3) is 0.962. The van der Waals surface area contributed by atoms with Gasteiger partial charge in [-0.3, -0.25) is 4.79 Å². The average molecular weight is 375 g/mol. The first-order valence-corrected chi connectivity index (χ1v) is 12.7. The minimum Gasteiger partial charge on any atom is -0.298 e. The summed E-state index contributed by atoms with van der Waals surface area (Å²) in [4.78, 5) is 13.3. The summed E-state index contributed by atoms with van der Waals surface area (Å²) in [7, 11) is 0. The summed E-state index contributed by atoms with van der Waals surface area (Å²) in [6.07, 6.45) is 25.5. The van der Waals surface area contributed by atoms with Gasteiger partial charge in [-0.1, -0.05) is 78.1 Å². The molecule has 0 heterocycles. The Morgan fingerprint density at radius 1 is 0.667 bits per heavy atom. The molecule has 0 aromatic heterocycles. The number of ketones is 1. The molecule has 0 unspecified atom stereocenters. The van der Waals surface area contributed by atoms with Crippen LogP contribution in [0, 0.1) is 22.7 Å². The molecule has 1 nitrogen and oxygen atoms in total. The zero-order valence-corrected chi connectivity index (χ0v) is 18.5. The standard InChI is InChI=1S/C26H46O/c1-3-5-7-9-11-22-13-17-25(18-14-22)21-26(24(25)27)19-15-23(16-20-26)12-10-8-6-4-2/h22-23H,3-21H2,1-2H3. The van der Waals surface area contributed by atoms with E-state index in [0.717, 1.165) is 17.6 Å². The Morgan fingerprint density at radius 2 is 1.07 bits per heavy atom. The van der Waals surface area contributed by atoms with E-state index in [0.29, 0.717) is 0 Å². The van der Waals surface area contributed by atoms with Crippen LogP contribution in [0.1, 0.15) is 136 Å². The highest BCUT2D eigenvalue weighted by Crippen LogP contribution is 2.64. The van der Waals surface area contributed by atoms with Gasteiger partial charge in [-0.25, -0.2) is 0 Å². The van der Waals surface area contributed by atoms with Crippen LogP contribution in [0.3, 0.4) is 0 Å². The van der Waals surface area contributed by atoms with Gasteiger partial charge in [-0.05, 0) is 69.6 Å². The SMILES string of the molecule is CCCCCCC1CCC2(CC1)CC1(CCC(CCCCCC)CC1)C2=O. The maximum Gasteiger partial charge on any atom is 0.145 e. The van der Waals surface area contributed by atoms with Gasteiger partial charge in [0.2, 0.25) is 0 Å². The number of Topliss-reactive ketones (excluding diaryl/α,β-unsaturated/α-hetero) is 1. The molecule has 0 aromatic carbocycles. The maximum atomic E-state index is 13.3. The van der Waals surface area contributed by atoms with Crippen LogP contribution in [0.4, 0.5) is 0 Å². The average Bonchev–Trinajstić information content (AvgIpc) is 2.71. The lowest BCUT2D eigenvalue weighted by Gasteiger charge is -2.59. The fourth-order valence-electron chi connectivity index (χ4n) is 6.83. The summed E-state index contributed by atoms with van der Waals surface area (Å²) in [6, 6.07) is 0. The van der Waals surface area contributed by atoms with Crippen molar-refractivity contribution in [2.75, 3.05) is 0 Å². The van der Waals surface area contributed by atoms with Crippen LogP contribution in [0.2, 0.25) is 0 Å². The number of hydrogen-bond donors (Lipinski definition) is 0. The number of rotatable bonds is 10. The van der Waals surface area contributed by atoms with E-state index in [4.69, 9.17) is 0 Å². The summed E-state index contributed by atoms with van der Waals surface area (Å²) in [5.41, 5.74) is 0.293. The lowest BCUT2D eigenvalue weighted by Crippen LogP contribution is -2.59. The van der Waals surface area contributed by atoms with Gasteiger partial charge in [-0.2, -0.15) is 0 Å². The van der Waals surface area contributed by atoms with E-state index >= 15 is 0 Å². The Kier molecular flexibility index (Phi) is 7.86. The molecule has 156 valence electrons. The third-order valence-corrected chi connectivity index (χ3v) is 8.70. The molecule has 0 N–H and O–H groups in total. The van der Waals surface area contributed by atoms with Gasteiger partial charge < -0.3 is 0 Å². The monoisotopic (exact) mass is 374 g/mol. The normalized spacial score (nSPS) is 36.3. The van der Waals surface area contributed by atoms with Crippen molar-refractivity contribution in [2.24, 2.45) is 22.7 Å². The molecule has 0 saturated heterocycles. The van der Waals surface area contributed by atoms with E-state index in [2.05, 4.69) is 13.8 Å². The molecule has 0 amide bonds. The first-order valence-electron chi connectivity index (χ1n) is 12.7. The van der Waals surface area contributed by atoms with E-state index in [1.807, 2.05) is 0 Å². The summed E-state index contributed by atoms with van der Waals surface area (Å²) >= 11 is 0. The summed E-state index contributed by atoms with van der Waals surface area (Å²) in [5, 5.41) is 0. The zero-order valence-electron chi connectivity index (χ0n) is 18.5. The maximum absolute atomic E-state index is 13.3. The largest absolute Gasteiger partial charge is 0.298 e. The topological polar surface area (TPSA) is 17.1 Å². The summed E-state index contributed by atoms with van der Waals surface area (Å²) in [5.74, 6) is 2.58. The molecule has 27 heavy (non-hydrogen) atoms. The predicted molar refractivity (Wildman–Crippen MR) is 116 cm³/mol. The lowest BCUT2D eigenvalue weighted by atomic mass is 9.43. The Hall–Kier alpha value is -0.330. The van der Waals surface area contributed by atoms with Crippen molar-refractivity contribution < 1.29 is 4.79 Å². The van der Waals surface area contributed by atoms with Crippen molar-refractivity contribution in [2.45, 2.75) is 136 Å². The van der Waals surface area contributed by atoms with E-state index in [1.54, 1.807) is 0 Å². The van der Waals surface area contributed by atoms with Crippen LogP contribution >= 0.6 is 0 Å². The van der Waals surface area contributed by atoms with Crippen molar-refractivity contribution >= 4 is 5.78 Å². The van der Waals surface area contributed by atoms with Crippen LogP contribution in [0.15, 0.2) is 0 Å². The molecule has 3 rings (SSSR count). The molecule has 0 aromatic rings. The van der Waals surface area contributed by atoms with Crippen LogP contribution in [0.5, 0.6) is 0 Å².